The zero-order valence-corrected chi connectivity index (χ0v) is 6.98. The van der Waals surface area contributed by atoms with Crippen LogP contribution >= 0.6 is 11.8 Å². The van der Waals surface area contributed by atoms with Crippen molar-refractivity contribution in [3.8, 4) is 0 Å². The fourth-order valence-electron chi connectivity index (χ4n) is 0.760. The zero-order valence-electron chi connectivity index (χ0n) is 6.16. The van der Waals surface area contributed by atoms with Gasteiger partial charge in [-0.2, -0.15) is 5.10 Å². The molecule has 0 saturated heterocycles. The summed E-state index contributed by atoms with van der Waals surface area (Å²) in [4.78, 5) is 0. The molecule has 0 unspecified atom stereocenters. The lowest BCUT2D eigenvalue weighted by Crippen LogP contribution is -2.01. The van der Waals surface area contributed by atoms with Gasteiger partial charge in [-0.25, -0.2) is 4.68 Å². The smallest absolute Gasteiger partial charge is 0.122 e. The Labute approximate surface area is 64.6 Å². The van der Waals surface area contributed by atoms with Gasteiger partial charge in [0.15, 0.2) is 0 Å². The third kappa shape index (κ3) is 1.26. The van der Waals surface area contributed by atoms with Gasteiger partial charge < -0.3 is 5.73 Å². The Balaban J connectivity index is 2.92. The maximum Gasteiger partial charge on any atom is 0.122 e. The first-order valence-electron chi connectivity index (χ1n) is 3.15. The molecule has 1 aromatic rings. The number of aromatic nitrogens is 2. The summed E-state index contributed by atoms with van der Waals surface area (Å²) in [5.74, 6) is 0.742. The van der Waals surface area contributed by atoms with Crippen LogP contribution in [0.3, 0.4) is 0 Å². The molecule has 1 rings (SSSR count). The molecular weight excluding hydrogens is 146 g/mol. The third-order valence-corrected chi connectivity index (χ3v) is 1.92. The van der Waals surface area contributed by atoms with Gasteiger partial charge >= 0.3 is 0 Å². The first-order valence-corrected chi connectivity index (χ1v) is 4.37. The van der Waals surface area contributed by atoms with Gasteiger partial charge in [0.25, 0.3) is 0 Å². The normalized spacial score (nSPS) is 10.2. The highest BCUT2D eigenvalue weighted by atomic mass is 32.2. The van der Waals surface area contributed by atoms with Crippen LogP contribution in [0.15, 0.2) is 11.1 Å². The molecule has 0 atom stereocenters. The van der Waals surface area contributed by atoms with Crippen LogP contribution in [0.5, 0.6) is 0 Å². The summed E-state index contributed by atoms with van der Waals surface area (Å²) < 4.78 is 1.78. The summed E-state index contributed by atoms with van der Waals surface area (Å²) in [5.41, 5.74) is 5.61. The van der Waals surface area contributed by atoms with E-state index < -0.39 is 0 Å². The van der Waals surface area contributed by atoms with Crippen molar-refractivity contribution in [2.45, 2.75) is 18.5 Å². The highest BCUT2D eigenvalue weighted by Crippen LogP contribution is 2.15. The highest BCUT2D eigenvalue weighted by Gasteiger charge is 1.99. The van der Waals surface area contributed by atoms with E-state index in [0.717, 1.165) is 17.4 Å². The maximum atomic E-state index is 5.61. The molecule has 0 amide bonds. The summed E-state index contributed by atoms with van der Waals surface area (Å²) in [6, 6.07) is 1.88. The molecule has 0 aliphatic rings. The van der Waals surface area contributed by atoms with Crippen LogP contribution in [0.2, 0.25) is 0 Å². The van der Waals surface area contributed by atoms with E-state index in [2.05, 4.69) is 5.10 Å². The van der Waals surface area contributed by atoms with Crippen molar-refractivity contribution in [2.75, 3.05) is 12.0 Å². The Kier molecular flexibility index (Phi) is 2.21. The van der Waals surface area contributed by atoms with Gasteiger partial charge in [-0.3, -0.25) is 0 Å². The fraction of sp³-hybridized carbons (Fsp3) is 0.500. The molecule has 1 aromatic heterocycles. The van der Waals surface area contributed by atoms with E-state index in [9.17, 15) is 0 Å². The van der Waals surface area contributed by atoms with Gasteiger partial charge in [0.05, 0.1) is 0 Å². The Morgan fingerprint density at radius 2 is 2.50 bits per heavy atom. The molecule has 10 heavy (non-hydrogen) atoms. The second-order valence-electron chi connectivity index (χ2n) is 1.93. The molecular formula is C6H11N3S. The van der Waals surface area contributed by atoms with E-state index in [1.165, 1.54) is 0 Å². The molecule has 0 fully saturated rings. The van der Waals surface area contributed by atoms with Crippen LogP contribution in [0.4, 0.5) is 5.82 Å². The Morgan fingerprint density at radius 1 is 1.80 bits per heavy atom. The van der Waals surface area contributed by atoms with Crippen molar-refractivity contribution in [3.63, 3.8) is 0 Å². The van der Waals surface area contributed by atoms with Crippen LogP contribution in [-0.2, 0) is 6.54 Å². The molecule has 2 N–H and O–H groups in total. The van der Waals surface area contributed by atoms with Gasteiger partial charge in [0.1, 0.15) is 10.8 Å². The lowest BCUT2D eigenvalue weighted by molar-refractivity contribution is 0.650. The second-order valence-corrected chi connectivity index (χ2v) is 2.75. The number of aryl methyl sites for hydroxylation is 1. The van der Waals surface area contributed by atoms with Gasteiger partial charge in [-0.1, -0.05) is 0 Å². The largest absolute Gasteiger partial charge is 0.384 e. The van der Waals surface area contributed by atoms with Crippen molar-refractivity contribution >= 4 is 17.6 Å². The van der Waals surface area contributed by atoms with Gasteiger partial charge in [-0.05, 0) is 13.2 Å². The molecule has 0 aliphatic heterocycles. The number of hydrogen-bond donors (Lipinski definition) is 1. The fourth-order valence-corrected chi connectivity index (χ4v) is 1.18. The van der Waals surface area contributed by atoms with E-state index in [-0.39, 0.29) is 0 Å². The number of hydrogen-bond acceptors (Lipinski definition) is 3. The molecule has 0 aliphatic carbocycles. The summed E-state index contributed by atoms with van der Waals surface area (Å²) >= 11 is 1.61. The van der Waals surface area contributed by atoms with Crippen molar-refractivity contribution in [1.29, 1.82) is 0 Å². The Hall–Kier alpha value is -0.640. The summed E-state index contributed by atoms with van der Waals surface area (Å²) in [5, 5.41) is 5.19. The van der Waals surface area contributed by atoms with E-state index in [0.29, 0.717) is 0 Å². The maximum absolute atomic E-state index is 5.61. The van der Waals surface area contributed by atoms with Crippen molar-refractivity contribution < 1.29 is 0 Å². The monoisotopic (exact) mass is 157 g/mol. The van der Waals surface area contributed by atoms with Crippen LogP contribution in [-0.4, -0.2) is 16.0 Å². The molecule has 1 heterocycles. The predicted molar refractivity (Wildman–Crippen MR) is 44.1 cm³/mol. The SMILES string of the molecule is CCn1nc(SC)cc1N. The zero-order chi connectivity index (χ0) is 7.56. The first-order chi connectivity index (χ1) is 4.77. The second kappa shape index (κ2) is 2.96. The summed E-state index contributed by atoms with van der Waals surface area (Å²) in [6.07, 6.45) is 1.99. The molecule has 0 spiro atoms. The quantitative estimate of drug-likeness (QED) is 0.656. The Morgan fingerprint density at radius 3 is 2.80 bits per heavy atom. The minimum atomic E-state index is 0.742. The van der Waals surface area contributed by atoms with Crippen LogP contribution in [0, 0.1) is 0 Å². The van der Waals surface area contributed by atoms with Crippen molar-refractivity contribution in [3.05, 3.63) is 6.07 Å². The lowest BCUT2D eigenvalue weighted by atomic mass is 10.6. The summed E-state index contributed by atoms with van der Waals surface area (Å²) in [7, 11) is 0. The molecule has 0 aromatic carbocycles. The summed E-state index contributed by atoms with van der Waals surface area (Å²) in [6.45, 7) is 2.86. The van der Waals surface area contributed by atoms with E-state index in [1.807, 2.05) is 19.2 Å². The van der Waals surface area contributed by atoms with Crippen molar-refractivity contribution in [2.24, 2.45) is 0 Å². The number of anilines is 1. The number of nitrogen functional groups attached to an aromatic ring is 1. The predicted octanol–water partition coefficient (Wildman–Crippen LogP) is 1.21. The highest BCUT2D eigenvalue weighted by molar-refractivity contribution is 7.98. The molecule has 4 heteroatoms. The molecule has 0 saturated carbocycles. The molecule has 56 valence electrons. The average Bonchev–Trinajstić information content (AvgIpc) is 2.30. The van der Waals surface area contributed by atoms with E-state index >= 15 is 0 Å². The van der Waals surface area contributed by atoms with Crippen LogP contribution in [0.25, 0.3) is 0 Å². The standard InChI is InChI=1S/C6H11N3S/c1-3-9-5(7)4-6(8-9)10-2/h4H,3,7H2,1-2H3. The minimum Gasteiger partial charge on any atom is -0.384 e. The molecule has 0 bridgehead atoms. The average molecular weight is 157 g/mol. The Bertz CT molecular complexity index is 219. The number of nitrogens with zero attached hydrogens (tertiary/aromatic N) is 2. The van der Waals surface area contributed by atoms with Crippen LogP contribution < -0.4 is 5.73 Å². The molecule has 0 radical (unpaired) electrons. The number of rotatable bonds is 2. The lowest BCUT2D eigenvalue weighted by Gasteiger charge is -1.95. The minimum absolute atomic E-state index is 0.742. The number of nitrogens with two attached hydrogens (primary N) is 1. The van der Waals surface area contributed by atoms with Gasteiger partial charge in [0.2, 0.25) is 0 Å². The van der Waals surface area contributed by atoms with E-state index in [4.69, 9.17) is 5.73 Å². The molecule has 3 nitrogen and oxygen atoms in total. The topological polar surface area (TPSA) is 43.8 Å². The van der Waals surface area contributed by atoms with Gasteiger partial charge in [0, 0.05) is 12.6 Å². The van der Waals surface area contributed by atoms with Gasteiger partial charge in [-0.15, -0.1) is 11.8 Å². The first kappa shape index (κ1) is 7.47. The van der Waals surface area contributed by atoms with Crippen molar-refractivity contribution in [1.82, 2.24) is 9.78 Å². The third-order valence-electron chi connectivity index (χ3n) is 1.30. The van der Waals surface area contributed by atoms with Crippen LogP contribution in [0.1, 0.15) is 6.92 Å². The van der Waals surface area contributed by atoms with E-state index in [1.54, 1.807) is 16.4 Å². The number of thioether (sulfide) groups is 1.